The molecule has 0 amide bonds. The third kappa shape index (κ3) is 4.98. The van der Waals surface area contributed by atoms with Gasteiger partial charge in [-0.2, -0.15) is 0 Å². The molecule has 3 aromatic heterocycles. The molecule has 5 aromatic rings. The molecular formula is C26H24N4O3S. The Kier molecular flexibility index (Phi) is 7.31. The summed E-state index contributed by atoms with van der Waals surface area (Å²) in [6.07, 6.45) is 1.68. The van der Waals surface area contributed by atoms with Crippen LogP contribution in [-0.4, -0.2) is 21.5 Å². The second-order valence-electron chi connectivity index (χ2n) is 7.47. The van der Waals surface area contributed by atoms with Crippen LogP contribution in [0.1, 0.15) is 23.6 Å². The zero-order valence-electron chi connectivity index (χ0n) is 18.5. The number of hydrogen-bond donors (Lipinski definition) is 3. The van der Waals surface area contributed by atoms with E-state index in [-0.39, 0.29) is 12.5 Å². The summed E-state index contributed by atoms with van der Waals surface area (Å²) >= 11 is 1.65. The van der Waals surface area contributed by atoms with E-state index < -0.39 is 0 Å². The maximum atomic E-state index is 8.36. The van der Waals surface area contributed by atoms with Crippen molar-refractivity contribution >= 4 is 33.8 Å². The molecule has 0 aliphatic carbocycles. The molecule has 0 fully saturated rings. The molecule has 0 spiro atoms. The highest BCUT2D eigenvalue weighted by Gasteiger charge is 2.22. The molecule has 0 bridgehead atoms. The summed E-state index contributed by atoms with van der Waals surface area (Å²) < 4.78 is 6.49. The number of nitrogens with zero attached hydrogens (tertiary/aromatic N) is 2. The van der Waals surface area contributed by atoms with Crippen molar-refractivity contribution in [1.29, 1.82) is 0 Å². The number of nitrogens with two attached hydrogens (primary N) is 1. The standard InChI is InChI=1S/C25H22N4OS.CH2O2/c1-16(26)22-20(17-9-4-2-5-10-17)21-23(31-22)25(27-15-19-13-8-14-30-19)29-24(28-21)18-11-6-3-7-12-18;2-1-3/h2-14,16H,15,26H2,1H3,(H,27,28,29);1H,(H,2,3). The molecule has 0 saturated carbocycles. The second kappa shape index (κ2) is 10.7. The van der Waals surface area contributed by atoms with E-state index in [1.807, 2.05) is 67.6 Å². The molecule has 0 saturated heterocycles. The molecule has 1 unspecified atom stereocenters. The van der Waals surface area contributed by atoms with Gasteiger partial charge in [-0.1, -0.05) is 60.7 Å². The van der Waals surface area contributed by atoms with Crippen molar-refractivity contribution < 1.29 is 14.3 Å². The van der Waals surface area contributed by atoms with E-state index in [0.29, 0.717) is 12.4 Å². The molecule has 8 heteroatoms. The van der Waals surface area contributed by atoms with E-state index in [2.05, 4.69) is 17.4 Å². The highest BCUT2D eigenvalue weighted by molar-refractivity contribution is 7.20. The summed E-state index contributed by atoms with van der Waals surface area (Å²) in [5.74, 6) is 2.32. The van der Waals surface area contributed by atoms with Crippen LogP contribution in [0.5, 0.6) is 0 Å². The molecule has 4 N–H and O–H groups in total. The fourth-order valence-electron chi connectivity index (χ4n) is 3.62. The number of carbonyl (C=O) groups is 1. The quantitative estimate of drug-likeness (QED) is 0.262. The van der Waals surface area contributed by atoms with Crippen LogP contribution in [-0.2, 0) is 11.3 Å². The van der Waals surface area contributed by atoms with Gasteiger partial charge in [0, 0.05) is 22.0 Å². The lowest BCUT2D eigenvalue weighted by Gasteiger charge is -2.10. The fourth-order valence-corrected chi connectivity index (χ4v) is 4.80. The number of carboxylic acid groups (broad SMARTS) is 1. The summed E-state index contributed by atoms with van der Waals surface area (Å²) in [5.41, 5.74) is 10.5. The molecule has 0 aliphatic heterocycles. The van der Waals surface area contributed by atoms with Crippen LogP contribution < -0.4 is 11.1 Å². The Morgan fingerprint density at radius 3 is 2.26 bits per heavy atom. The molecule has 0 radical (unpaired) electrons. The molecule has 2 aromatic carbocycles. The van der Waals surface area contributed by atoms with Crippen LogP contribution >= 0.6 is 11.3 Å². The van der Waals surface area contributed by atoms with Gasteiger partial charge in [0.1, 0.15) is 11.6 Å². The SMILES string of the molecule is CC(N)c1sc2c(NCc3ccco3)nc(-c3ccccc3)nc2c1-c1ccccc1.O=CO. The van der Waals surface area contributed by atoms with Gasteiger partial charge in [0.15, 0.2) is 5.82 Å². The highest BCUT2D eigenvalue weighted by Crippen LogP contribution is 2.43. The zero-order valence-corrected chi connectivity index (χ0v) is 19.3. The van der Waals surface area contributed by atoms with Gasteiger partial charge in [0.2, 0.25) is 0 Å². The average molecular weight is 473 g/mol. The van der Waals surface area contributed by atoms with Gasteiger partial charge in [0.05, 0.1) is 23.0 Å². The number of nitrogens with one attached hydrogen (secondary N) is 1. The minimum absolute atomic E-state index is 0.118. The van der Waals surface area contributed by atoms with Crippen molar-refractivity contribution in [2.75, 3.05) is 5.32 Å². The summed E-state index contributed by atoms with van der Waals surface area (Å²) in [7, 11) is 0. The Morgan fingerprint density at radius 1 is 1.03 bits per heavy atom. The Hall–Kier alpha value is -4.01. The predicted molar refractivity (Wildman–Crippen MR) is 136 cm³/mol. The number of rotatable bonds is 6. The second-order valence-corrected chi connectivity index (χ2v) is 8.53. The number of hydrogen-bond acceptors (Lipinski definition) is 7. The van der Waals surface area contributed by atoms with E-state index in [1.54, 1.807) is 17.6 Å². The van der Waals surface area contributed by atoms with E-state index in [4.69, 9.17) is 30.0 Å². The molecule has 0 aliphatic rings. The Balaban J connectivity index is 0.000000868. The monoisotopic (exact) mass is 472 g/mol. The number of anilines is 1. The molecule has 172 valence electrons. The molecule has 7 nitrogen and oxygen atoms in total. The average Bonchev–Trinajstić information content (AvgIpc) is 3.52. The molecule has 1 atom stereocenters. The van der Waals surface area contributed by atoms with Crippen molar-refractivity contribution in [1.82, 2.24) is 9.97 Å². The zero-order chi connectivity index (χ0) is 23.9. The van der Waals surface area contributed by atoms with Crippen molar-refractivity contribution in [2.45, 2.75) is 19.5 Å². The topological polar surface area (TPSA) is 114 Å². The molecule has 3 heterocycles. The van der Waals surface area contributed by atoms with E-state index in [0.717, 1.165) is 43.4 Å². The summed E-state index contributed by atoms with van der Waals surface area (Å²) in [6.45, 7) is 2.30. The van der Waals surface area contributed by atoms with Crippen LogP contribution in [0.2, 0.25) is 0 Å². The third-order valence-corrected chi connectivity index (χ3v) is 6.47. The third-order valence-electron chi connectivity index (χ3n) is 5.08. The van der Waals surface area contributed by atoms with E-state index >= 15 is 0 Å². The first kappa shape index (κ1) is 23.2. The smallest absolute Gasteiger partial charge is 0.290 e. The summed E-state index contributed by atoms with van der Waals surface area (Å²) in [4.78, 5) is 19.4. The van der Waals surface area contributed by atoms with Gasteiger partial charge >= 0.3 is 0 Å². The minimum atomic E-state index is -0.250. The van der Waals surface area contributed by atoms with Gasteiger partial charge in [0.25, 0.3) is 6.47 Å². The van der Waals surface area contributed by atoms with Crippen molar-refractivity contribution in [3.8, 4) is 22.5 Å². The van der Waals surface area contributed by atoms with Crippen molar-refractivity contribution in [3.05, 3.63) is 89.7 Å². The van der Waals surface area contributed by atoms with Gasteiger partial charge < -0.3 is 20.6 Å². The Labute approximate surface area is 200 Å². The molecule has 34 heavy (non-hydrogen) atoms. The van der Waals surface area contributed by atoms with Crippen LogP contribution in [0.15, 0.2) is 83.5 Å². The van der Waals surface area contributed by atoms with Gasteiger partial charge in [-0.15, -0.1) is 11.3 Å². The molecular weight excluding hydrogens is 448 g/mol. The number of thiophene rings is 1. The maximum Gasteiger partial charge on any atom is 0.290 e. The number of fused-ring (bicyclic) bond motifs is 1. The highest BCUT2D eigenvalue weighted by atomic mass is 32.1. The summed E-state index contributed by atoms with van der Waals surface area (Å²) in [5, 5.41) is 10.3. The van der Waals surface area contributed by atoms with Crippen LogP contribution in [0.3, 0.4) is 0 Å². The largest absolute Gasteiger partial charge is 0.483 e. The van der Waals surface area contributed by atoms with Crippen LogP contribution in [0.4, 0.5) is 5.82 Å². The predicted octanol–water partition coefficient (Wildman–Crippen LogP) is 5.95. The minimum Gasteiger partial charge on any atom is -0.483 e. The lowest BCUT2D eigenvalue weighted by molar-refractivity contribution is -0.122. The normalized spacial score (nSPS) is 11.5. The lowest BCUT2D eigenvalue weighted by atomic mass is 10.0. The Morgan fingerprint density at radius 2 is 1.68 bits per heavy atom. The first-order valence-electron chi connectivity index (χ1n) is 10.7. The van der Waals surface area contributed by atoms with Crippen molar-refractivity contribution in [3.63, 3.8) is 0 Å². The van der Waals surface area contributed by atoms with Crippen molar-refractivity contribution in [2.24, 2.45) is 5.73 Å². The Bertz CT molecular complexity index is 1350. The molecule has 5 rings (SSSR count). The summed E-state index contributed by atoms with van der Waals surface area (Å²) in [6, 6.07) is 24.1. The van der Waals surface area contributed by atoms with E-state index in [1.165, 1.54) is 0 Å². The fraction of sp³-hybridized carbons (Fsp3) is 0.115. The lowest BCUT2D eigenvalue weighted by Crippen LogP contribution is -2.04. The number of furan rings is 1. The maximum absolute atomic E-state index is 8.36. The number of benzene rings is 2. The van der Waals surface area contributed by atoms with Crippen LogP contribution in [0.25, 0.3) is 32.7 Å². The van der Waals surface area contributed by atoms with Gasteiger partial charge in [-0.3, -0.25) is 4.79 Å². The first-order chi connectivity index (χ1) is 16.6. The first-order valence-corrected chi connectivity index (χ1v) is 11.5. The van der Waals surface area contributed by atoms with E-state index in [9.17, 15) is 0 Å². The van der Waals surface area contributed by atoms with Gasteiger partial charge in [-0.05, 0) is 24.6 Å². The number of aromatic nitrogens is 2. The van der Waals surface area contributed by atoms with Crippen LogP contribution in [0, 0.1) is 0 Å². The van der Waals surface area contributed by atoms with Gasteiger partial charge in [-0.25, -0.2) is 9.97 Å².